The summed E-state index contributed by atoms with van der Waals surface area (Å²) in [6.45, 7) is 2.18. The number of nitrogens with one attached hydrogen (secondary N) is 1. The lowest BCUT2D eigenvalue weighted by Gasteiger charge is -2.09. The molecule has 2 heterocycles. The minimum atomic E-state index is -0.464. The number of pyridine rings is 1. The molecule has 0 fully saturated rings. The summed E-state index contributed by atoms with van der Waals surface area (Å²) in [5.74, 6) is 0.218. The van der Waals surface area contributed by atoms with E-state index in [9.17, 15) is 9.59 Å². The summed E-state index contributed by atoms with van der Waals surface area (Å²) < 4.78 is 6.61. The number of hydrogen-bond acceptors (Lipinski definition) is 4. The molecular formula is C18H17N3O3. The maximum Gasteiger partial charge on any atom is 0.270 e. The molecule has 1 amide bonds. The molecule has 0 saturated heterocycles. The van der Waals surface area contributed by atoms with Crippen molar-refractivity contribution in [2.45, 2.75) is 13.5 Å². The zero-order chi connectivity index (χ0) is 17.1. The van der Waals surface area contributed by atoms with E-state index in [0.29, 0.717) is 11.4 Å². The van der Waals surface area contributed by atoms with Crippen molar-refractivity contribution in [2.75, 3.05) is 7.11 Å². The Labute approximate surface area is 138 Å². The number of methoxy groups -OCH3 is 1. The molecule has 0 unspecified atom stereocenters. The molecule has 1 N–H and O–H groups in total. The molecule has 6 heteroatoms. The molecule has 0 aliphatic carbocycles. The van der Waals surface area contributed by atoms with Crippen molar-refractivity contribution in [1.29, 1.82) is 0 Å². The van der Waals surface area contributed by atoms with Crippen LogP contribution in [0.15, 0.2) is 53.6 Å². The van der Waals surface area contributed by atoms with Gasteiger partial charge < -0.3 is 10.1 Å². The molecule has 2 aromatic heterocycles. The third-order valence-corrected chi connectivity index (χ3v) is 3.74. The Hall–Kier alpha value is -3.15. The topological polar surface area (TPSA) is 72.7 Å². The number of nitrogens with zero attached hydrogens (tertiary/aromatic N) is 2. The van der Waals surface area contributed by atoms with Crippen LogP contribution in [0, 0.1) is 6.92 Å². The maximum absolute atomic E-state index is 12.5. The fraction of sp³-hybridized carbons (Fsp3) is 0.167. The number of amides is 1. The van der Waals surface area contributed by atoms with Gasteiger partial charge in [-0.15, -0.1) is 0 Å². The molecule has 1 aromatic carbocycles. The Morgan fingerprint density at radius 1 is 1.29 bits per heavy atom. The second-order valence-electron chi connectivity index (χ2n) is 5.40. The van der Waals surface area contributed by atoms with Crippen LogP contribution in [0.3, 0.4) is 0 Å². The Morgan fingerprint density at radius 2 is 2.08 bits per heavy atom. The first kappa shape index (κ1) is 15.7. The van der Waals surface area contributed by atoms with E-state index in [0.717, 1.165) is 11.1 Å². The molecule has 0 atom stereocenters. The second kappa shape index (κ2) is 6.54. The molecular weight excluding hydrogens is 306 g/mol. The predicted octanol–water partition coefficient (Wildman–Crippen LogP) is 1.94. The van der Waals surface area contributed by atoms with Gasteiger partial charge in [0.1, 0.15) is 17.0 Å². The van der Waals surface area contributed by atoms with Crippen LogP contribution in [0.2, 0.25) is 0 Å². The number of para-hydroxylation sites is 1. The molecule has 3 rings (SSSR count). The normalized spacial score (nSPS) is 10.6. The Kier molecular flexibility index (Phi) is 4.29. The van der Waals surface area contributed by atoms with Gasteiger partial charge in [-0.25, -0.2) is 4.98 Å². The summed E-state index contributed by atoms with van der Waals surface area (Å²) in [7, 11) is 1.57. The predicted molar refractivity (Wildman–Crippen MR) is 90.4 cm³/mol. The smallest absolute Gasteiger partial charge is 0.270 e. The van der Waals surface area contributed by atoms with Crippen molar-refractivity contribution < 1.29 is 9.53 Å². The van der Waals surface area contributed by atoms with E-state index in [4.69, 9.17) is 4.74 Å². The van der Waals surface area contributed by atoms with Crippen molar-refractivity contribution in [3.05, 3.63) is 75.8 Å². The van der Waals surface area contributed by atoms with Gasteiger partial charge in [-0.05, 0) is 30.7 Å². The number of rotatable bonds is 4. The van der Waals surface area contributed by atoms with Crippen LogP contribution in [-0.4, -0.2) is 22.4 Å². The lowest BCUT2D eigenvalue weighted by atomic mass is 10.2. The van der Waals surface area contributed by atoms with Gasteiger partial charge in [-0.3, -0.25) is 14.0 Å². The molecule has 6 nitrogen and oxygen atoms in total. The molecule has 0 spiro atoms. The van der Waals surface area contributed by atoms with Crippen molar-refractivity contribution in [3.8, 4) is 5.75 Å². The minimum Gasteiger partial charge on any atom is -0.496 e. The lowest BCUT2D eigenvalue weighted by Crippen LogP contribution is -2.31. The molecule has 0 saturated carbocycles. The monoisotopic (exact) mass is 323 g/mol. The van der Waals surface area contributed by atoms with Gasteiger partial charge in [0.25, 0.3) is 11.5 Å². The highest BCUT2D eigenvalue weighted by Gasteiger charge is 2.13. The number of aryl methyl sites for hydroxylation is 1. The van der Waals surface area contributed by atoms with E-state index >= 15 is 0 Å². The average Bonchev–Trinajstić information content (AvgIpc) is 2.60. The number of carbonyl (C=O) groups is 1. The van der Waals surface area contributed by atoms with Gasteiger partial charge in [-0.1, -0.05) is 18.2 Å². The van der Waals surface area contributed by atoms with E-state index in [-0.39, 0.29) is 12.1 Å². The summed E-state index contributed by atoms with van der Waals surface area (Å²) in [4.78, 5) is 29.0. The molecule has 122 valence electrons. The second-order valence-corrected chi connectivity index (χ2v) is 5.40. The SMILES string of the molecule is COc1ccccc1CNC(=O)c1cnc2cc(C)ccn2c1=O. The van der Waals surface area contributed by atoms with Gasteiger partial charge in [0.2, 0.25) is 0 Å². The Morgan fingerprint density at radius 3 is 2.88 bits per heavy atom. The van der Waals surface area contributed by atoms with Gasteiger partial charge in [0.05, 0.1) is 7.11 Å². The number of carbonyl (C=O) groups excluding carboxylic acids is 1. The van der Waals surface area contributed by atoms with E-state index in [2.05, 4.69) is 10.3 Å². The number of benzene rings is 1. The van der Waals surface area contributed by atoms with E-state index in [1.165, 1.54) is 10.6 Å². The number of hydrogen-bond donors (Lipinski definition) is 1. The summed E-state index contributed by atoms with van der Waals surface area (Å²) >= 11 is 0. The maximum atomic E-state index is 12.5. The summed E-state index contributed by atoms with van der Waals surface area (Å²) in [6.07, 6.45) is 2.94. The van der Waals surface area contributed by atoms with Crippen LogP contribution in [0.5, 0.6) is 5.75 Å². The van der Waals surface area contributed by atoms with Crippen LogP contribution >= 0.6 is 0 Å². The van der Waals surface area contributed by atoms with Crippen LogP contribution < -0.4 is 15.6 Å². The fourth-order valence-electron chi connectivity index (χ4n) is 2.45. The molecule has 0 radical (unpaired) electrons. The van der Waals surface area contributed by atoms with E-state index < -0.39 is 11.5 Å². The fourth-order valence-corrected chi connectivity index (χ4v) is 2.45. The highest BCUT2D eigenvalue weighted by Crippen LogP contribution is 2.16. The first-order chi connectivity index (χ1) is 11.6. The standard InChI is InChI=1S/C18H17N3O3/c1-12-7-8-21-16(9-12)19-11-14(18(21)23)17(22)20-10-13-5-3-4-6-15(13)24-2/h3-9,11H,10H2,1-2H3,(H,20,22). The zero-order valence-corrected chi connectivity index (χ0v) is 13.4. The van der Waals surface area contributed by atoms with Crippen molar-refractivity contribution in [1.82, 2.24) is 14.7 Å². The third kappa shape index (κ3) is 2.99. The van der Waals surface area contributed by atoms with E-state index in [1.54, 1.807) is 25.4 Å². The van der Waals surface area contributed by atoms with Crippen molar-refractivity contribution in [2.24, 2.45) is 0 Å². The lowest BCUT2D eigenvalue weighted by molar-refractivity contribution is 0.0948. The molecule has 3 aromatic rings. The molecule has 0 bridgehead atoms. The highest BCUT2D eigenvalue weighted by atomic mass is 16.5. The first-order valence-corrected chi connectivity index (χ1v) is 7.48. The summed E-state index contributed by atoms with van der Waals surface area (Å²) in [6, 6.07) is 11.0. The zero-order valence-electron chi connectivity index (χ0n) is 13.4. The number of aromatic nitrogens is 2. The Balaban J connectivity index is 1.85. The third-order valence-electron chi connectivity index (χ3n) is 3.74. The number of fused-ring (bicyclic) bond motifs is 1. The van der Waals surface area contributed by atoms with Gasteiger partial charge in [0.15, 0.2) is 0 Å². The van der Waals surface area contributed by atoms with E-state index in [1.807, 2.05) is 31.2 Å². The van der Waals surface area contributed by atoms with Crippen LogP contribution in [-0.2, 0) is 6.54 Å². The van der Waals surface area contributed by atoms with Crippen molar-refractivity contribution >= 4 is 11.6 Å². The van der Waals surface area contributed by atoms with Crippen molar-refractivity contribution in [3.63, 3.8) is 0 Å². The largest absolute Gasteiger partial charge is 0.496 e. The van der Waals surface area contributed by atoms with Crippen LogP contribution in [0.4, 0.5) is 0 Å². The average molecular weight is 323 g/mol. The van der Waals surface area contributed by atoms with Gasteiger partial charge >= 0.3 is 0 Å². The van der Waals surface area contributed by atoms with Gasteiger partial charge in [0, 0.05) is 24.5 Å². The molecule has 0 aliphatic rings. The van der Waals surface area contributed by atoms with Gasteiger partial charge in [-0.2, -0.15) is 0 Å². The summed E-state index contributed by atoms with van der Waals surface area (Å²) in [5.41, 5.74) is 1.96. The summed E-state index contributed by atoms with van der Waals surface area (Å²) in [5, 5.41) is 2.73. The highest BCUT2D eigenvalue weighted by molar-refractivity contribution is 5.93. The Bertz CT molecular complexity index is 963. The number of ether oxygens (including phenoxy) is 1. The molecule has 24 heavy (non-hydrogen) atoms. The molecule has 0 aliphatic heterocycles. The van der Waals surface area contributed by atoms with Crippen LogP contribution in [0.25, 0.3) is 5.65 Å². The quantitative estimate of drug-likeness (QED) is 0.796. The minimum absolute atomic E-state index is 0.00579. The first-order valence-electron chi connectivity index (χ1n) is 7.48. The van der Waals surface area contributed by atoms with Crippen LogP contribution in [0.1, 0.15) is 21.5 Å².